The quantitative estimate of drug-likeness (QED) is 0.794. The molecule has 2 aromatic rings. The molecule has 28 heavy (non-hydrogen) atoms. The summed E-state index contributed by atoms with van der Waals surface area (Å²) in [5, 5.41) is 19.0. The molecule has 5 rings (SSSR count). The van der Waals surface area contributed by atoms with Gasteiger partial charge in [-0.3, -0.25) is 9.89 Å². The van der Waals surface area contributed by atoms with E-state index in [1.54, 1.807) is 0 Å². The molecule has 2 saturated heterocycles. The number of aromatic nitrogens is 2. The number of nitrogens with zero attached hydrogens (tertiary/aromatic N) is 2. The minimum atomic E-state index is -0.533. The van der Waals surface area contributed by atoms with E-state index in [-0.39, 0.29) is 30.0 Å². The number of fused-ring (bicyclic) bond motifs is 3. The highest BCUT2D eigenvalue weighted by atomic mass is 16.5. The van der Waals surface area contributed by atoms with Gasteiger partial charge in [-0.25, -0.2) is 0 Å². The van der Waals surface area contributed by atoms with Crippen molar-refractivity contribution in [3.8, 4) is 5.75 Å². The van der Waals surface area contributed by atoms with E-state index in [1.807, 2.05) is 32.0 Å². The number of H-pyrrole nitrogens is 1. The van der Waals surface area contributed by atoms with Crippen molar-refractivity contribution in [2.45, 2.75) is 89.5 Å². The van der Waals surface area contributed by atoms with Crippen molar-refractivity contribution >= 4 is 16.8 Å². The lowest BCUT2D eigenvalue weighted by Crippen LogP contribution is -2.67. The van der Waals surface area contributed by atoms with Gasteiger partial charge in [-0.2, -0.15) is 5.10 Å². The van der Waals surface area contributed by atoms with Crippen LogP contribution >= 0.6 is 0 Å². The highest BCUT2D eigenvalue weighted by Gasteiger charge is 2.54. The molecule has 1 amide bonds. The Labute approximate surface area is 166 Å². The zero-order valence-corrected chi connectivity index (χ0v) is 17.2. The third-order valence-electron chi connectivity index (χ3n) is 6.28. The molecule has 1 saturated carbocycles. The van der Waals surface area contributed by atoms with Gasteiger partial charge in [0.2, 0.25) is 5.91 Å². The Morgan fingerprint density at radius 3 is 2.79 bits per heavy atom. The topological polar surface area (TPSA) is 78.5 Å². The Kier molecular flexibility index (Phi) is 4.86. The number of amides is 1. The number of benzene rings is 1. The van der Waals surface area contributed by atoms with Crippen molar-refractivity contribution in [2.75, 3.05) is 0 Å². The van der Waals surface area contributed by atoms with Gasteiger partial charge in [-0.1, -0.05) is 19.9 Å². The monoisotopic (exact) mass is 385 g/mol. The summed E-state index contributed by atoms with van der Waals surface area (Å²) in [6, 6.07) is 6.24. The molecule has 152 valence electrons. The Bertz CT molecular complexity index is 869. The van der Waals surface area contributed by atoms with Crippen LogP contribution in [-0.2, 0) is 4.79 Å². The van der Waals surface area contributed by atoms with Gasteiger partial charge in [-0.05, 0) is 51.7 Å². The first-order valence-electron chi connectivity index (χ1n) is 10.5. The molecule has 3 aliphatic rings. The van der Waals surface area contributed by atoms with Gasteiger partial charge in [0.15, 0.2) is 0 Å². The van der Waals surface area contributed by atoms with Crippen LogP contribution < -0.4 is 4.74 Å². The third-order valence-corrected chi connectivity index (χ3v) is 6.28. The van der Waals surface area contributed by atoms with Crippen molar-refractivity contribution in [3.63, 3.8) is 0 Å². The van der Waals surface area contributed by atoms with Gasteiger partial charge >= 0.3 is 0 Å². The van der Waals surface area contributed by atoms with Crippen LogP contribution in [0.4, 0.5) is 0 Å². The lowest BCUT2D eigenvalue weighted by Gasteiger charge is -2.58. The fourth-order valence-electron chi connectivity index (χ4n) is 5.00. The van der Waals surface area contributed by atoms with E-state index in [0.717, 1.165) is 41.6 Å². The summed E-state index contributed by atoms with van der Waals surface area (Å²) in [5.74, 6) is 0.963. The Balaban J connectivity index is 1.55. The first-order valence-corrected chi connectivity index (χ1v) is 10.5. The maximum Gasteiger partial charge on any atom is 0.223 e. The Hall–Kier alpha value is -2.08. The van der Waals surface area contributed by atoms with Gasteiger partial charge < -0.3 is 14.7 Å². The van der Waals surface area contributed by atoms with E-state index < -0.39 is 5.60 Å². The van der Waals surface area contributed by atoms with Crippen molar-refractivity contribution in [1.29, 1.82) is 0 Å². The maximum atomic E-state index is 13.2. The molecule has 2 N–H and O–H groups in total. The van der Waals surface area contributed by atoms with Gasteiger partial charge in [-0.15, -0.1) is 0 Å². The summed E-state index contributed by atoms with van der Waals surface area (Å²) in [7, 11) is 0. The zero-order valence-electron chi connectivity index (χ0n) is 17.2. The second-order valence-electron chi connectivity index (χ2n) is 8.91. The molecule has 0 radical (unpaired) electrons. The van der Waals surface area contributed by atoms with E-state index in [1.165, 1.54) is 0 Å². The van der Waals surface area contributed by atoms with Crippen LogP contribution in [0.5, 0.6) is 5.75 Å². The second kappa shape index (κ2) is 7.07. The van der Waals surface area contributed by atoms with Crippen LogP contribution in [0, 0.1) is 0 Å². The molecule has 2 atom stereocenters. The number of aromatic amines is 1. The molecule has 1 aliphatic carbocycles. The Morgan fingerprint density at radius 1 is 1.36 bits per heavy atom. The van der Waals surface area contributed by atoms with E-state index in [0.29, 0.717) is 12.8 Å². The molecule has 0 spiro atoms. The number of hydrogen-bond donors (Lipinski definition) is 2. The molecule has 3 fully saturated rings. The minimum Gasteiger partial charge on any atom is -0.490 e. The molecule has 1 aromatic carbocycles. The molecule has 2 unspecified atom stereocenters. The molecular weight excluding hydrogens is 354 g/mol. The average molecular weight is 386 g/mol. The third kappa shape index (κ3) is 3.28. The summed E-state index contributed by atoms with van der Waals surface area (Å²) in [5.41, 5.74) is 1.28. The fraction of sp³-hybridized carbons (Fsp3) is 0.636. The fourth-order valence-corrected chi connectivity index (χ4v) is 5.00. The number of rotatable bonds is 6. The van der Waals surface area contributed by atoms with Gasteiger partial charge in [0.25, 0.3) is 0 Å². The minimum absolute atomic E-state index is 0.0171. The molecule has 6 nitrogen and oxygen atoms in total. The van der Waals surface area contributed by atoms with E-state index in [9.17, 15) is 9.90 Å². The Morgan fingerprint density at radius 2 is 2.11 bits per heavy atom. The van der Waals surface area contributed by atoms with Crippen LogP contribution in [0.3, 0.4) is 0 Å². The van der Waals surface area contributed by atoms with E-state index >= 15 is 0 Å². The van der Waals surface area contributed by atoms with Crippen molar-refractivity contribution in [2.24, 2.45) is 0 Å². The predicted octanol–water partition coefficient (Wildman–Crippen LogP) is 3.75. The number of piperidine rings is 2. The standard InChI is InChI=1S/C22H31N3O3/c1-5-15-10-22(27)11-16(12-22)25(15)19(26)9-14(4)21-20-17(23-24-21)7-6-8-18(20)28-13(2)3/h6-8,13-16,27H,5,9-12H2,1-4H3,(H,23,24). The number of ether oxygens (including phenoxy) is 1. The predicted molar refractivity (Wildman–Crippen MR) is 108 cm³/mol. The van der Waals surface area contributed by atoms with Crippen LogP contribution in [0.1, 0.15) is 71.4 Å². The second-order valence-corrected chi connectivity index (χ2v) is 8.91. The highest BCUT2D eigenvalue weighted by Crippen LogP contribution is 2.47. The zero-order chi connectivity index (χ0) is 20.1. The number of aliphatic hydroxyl groups is 1. The summed E-state index contributed by atoms with van der Waals surface area (Å²) in [6.07, 6.45) is 3.53. The number of carbonyl (C=O) groups excluding carboxylic acids is 1. The van der Waals surface area contributed by atoms with Gasteiger partial charge in [0.1, 0.15) is 5.75 Å². The average Bonchev–Trinajstić information content (AvgIpc) is 3.05. The summed E-state index contributed by atoms with van der Waals surface area (Å²) >= 11 is 0. The number of carbonyl (C=O) groups is 1. The van der Waals surface area contributed by atoms with Crippen molar-refractivity contribution < 1.29 is 14.6 Å². The van der Waals surface area contributed by atoms with Crippen molar-refractivity contribution in [1.82, 2.24) is 15.1 Å². The highest BCUT2D eigenvalue weighted by molar-refractivity contribution is 5.89. The molecule has 3 heterocycles. The molecule has 2 aliphatic heterocycles. The maximum absolute atomic E-state index is 13.2. The molecular formula is C22H31N3O3. The van der Waals surface area contributed by atoms with Crippen LogP contribution in [0.25, 0.3) is 10.9 Å². The SMILES string of the molecule is CCC1CC2(O)CC(C2)N1C(=O)CC(C)c1n[nH]c2cccc(OC(C)C)c12. The van der Waals surface area contributed by atoms with E-state index in [4.69, 9.17) is 4.74 Å². The van der Waals surface area contributed by atoms with Crippen molar-refractivity contribution in [3.05, 3.63) is 23.9 Å². The number of hydrogen-bond acceptors (Lipinski definition) is 4. The summed E-state index contributed by atoms with van der Waals surface area (Å²) in [4.78, 5) is 15.2. The summed E-state index contributed by atoms with van der Waals surface area (Å²) in [6.45, 7) is 8.17. The first-order chi connectivity index (χ1) is 13.3. The number of nitrogens with one attached hydrogen (secondary N) is 1. The van der Waals surface area contributed by atoms with Crippen LogP contribution in [-0.4, -0.2) is 49.9 Å². The van der Waals surface area contributed by atoms with Crippen LogP contribution in [0.2, 0.25) is 0 Å². The molecule has 6 heteroatoms. The molecule has 1 aromatic heterocycles. The normalized spacial score (nSPS) is 27.7. The smallest absolute Gasteiger partial charge is 0.223 e. The summed E-state index contributed by atoms with van der Waals surface area (Å²) < 4.78 is 5.98. The first kappa shape index (κ1) is 19.2. The lowest BCUT2D eigenvalue weighted by atomic mass is 9.66. The van der Waals surface area contributed by atoms with E-state index in [2.05, 4.69) is 28.9 Å². The molecule has 2 bridgehead atoms. The van der Waals surface area contributed by atoms with Crippen LogP contribution in [0.15, 0.2) is 18.2 Å². The van der Waals surface area contributed by atoms with Gasteiger partial charge in [0, 0.05) is 24.4 Å². The largest absolute Gasteiger partial charge is 0.490 e. The lowest BCUT2D eigenvalue weighted by molar-refractivity contribution is -0.178. The van der Waals surface area contributed by atoms with Gasteiger partial charge in [0.05, 0.1) is 28.3 Å².